The summed E-state index contributed by atoms with van der Waals surface area (Å²) in [5, 5.41) is 16.9. The van der Waals surface area contributed by atoms with Crippen LogP contribution in [0.4, 0.5) is 17.6 Å². The van der Waals surface area contributed by atoms with Crippen LogP contribution in [-0.4, -0.2) is 29.8 Å². The van der Waals surface area contributed by atoms with Crippen molar-refractivity contribution in [2.24, 2.45) is 0 Å². The maximum absolute atomic E-state index is 13.3. The molecule has 0 aliphatic carbocycles. The van der Waals surface area contributed by atoms with Gasteiger partial charge in [-0.1, -0.05) is 0 Å². The highest BCUT2D eigenvalue weighted by atomic mass is 19.3. The molecule has 0 fully saturated rings. The molecule has 0 spiro atoms. The van der Waals surface area contributed by atoms with Crippen LogP contribution in [0.2, 0.25) is 0 Å². The fraction of sp³-hybridized carbons (Fsp3) is 0.125. The zero-order valence-electron chi connectivity index (χ0n) is 13.4. The van der Waals surface area contributed by atoms with Crippen LogP contribution in [-0.2, 0) is 21.4 Å². The highest BCUT2D eigenvalue weighted by Crippen LogP contribution is 2.30. The Kier molecular flexibility index (Phi) is 5.62. The molecular formula is C16H11BF4O6. The number of carboxylic acids is 2. The molecule has 0 saturated heterocycles. The van der Waals surface area contributed by atoms with Crippen molar-refractivity contribution in [2.45, 2.75) is 11.8 Å². The summed E-state index contributed by atoms with van der Waals surface area (Å²) in [6.07, 6.45) is 0. The van der Waals surface area contributed by atoms with Crippen molar-refractivity contribution in [3.63, 3.8) is 0 Å². The quantitative estimate of drug-likeness (QED) is 0.536. The van der Waals surface area contributed by atoms with Crippen LogP contribution in [0.1, 0.15) is 11.1 Å². The van der Waals surface area contributed by atoms with E-state index in [1.807, 2.05) is 0 Å². The van der Waals surface area contributed by atoms with Gasteiger partial charge in [0.25, 0.3) is 0 Å². The minimum absolute atomic E-state index is 0.106. The first-order chi connectivity index (χ1) is 12.5. The molecule has 0 aliphatic heterocycles. The van der Waals surface area contributed by atoms with Crippen LogP contribution < -0.4 is 9.31 Å². The molecule has 0 aliphatic rings. The first kappa shape index (κ1) is 20.1. The fourth-order valence-corrected chi connectivity index (χ4v) is 1.93. The SMILES string of the molecule is O=C(O)C(F)(F)c1ccc(OBOc2ccc(C(F)(F)C(=O)O)cc2)cc1. The molecule has 2 rings (SSSR count). The number of hydrogen-bond donors (Lipinski definition) is 2. The summed E-state index contributed by atoms with van der Waals surface area (Å²) >= 11 is 0. The standard InChI is InChI=1S/C16H11BF4O6/c18-15(19,13(22)23)9-1-5-11(6-2-9)26-17-27-12-7-3-10(4-8-12)16(20,21)14(24)25/h1-8,17H,(H,22,23)(H,24,25). The Hall–Kier alpha value is -3.24. The minimum atomic E-state index is -4.03. The third kappa shape index (κ3) is 4.49. The summed E-state index contributed by atoms with van der Waals surface area (Å²) < 4.78 is 63.4. The number of rotatable bonds is 8. The molecule has 0 heterocycles. The zero-order chi connectivity index (χ0) is 20.2. The second-order valence-corrected chi connectivity index (χ2v) is 5.21. The van der Waals surface area contributed by atoms with Gasteiger partial charge in [-0.15, -0.1) is 0 Å². The Labute approximate surface area is 150 Å². The Bertz CT molecular complexity index is 754. The van der Waals surface area contributed by atoms with Gasteiger partial charge in [-0.25, -0.2) is 9.59 Å². The van der Waals surface area contributed by atoms with Gasteiger partial charge in [0.1, 0.15) is 11.5 Å². The Balaban J connectivity index is 1.93. The van der Waals surface area contributed by atoms with Crippen LogP contribution in [0.15, 0.2) is 48.5 Å². The number of carbonyl (C=O) groups is 2. The maximum Gasteiger partial charge on any atom is 0.576 e. The van der Waals surface area contributed by atoms with Gasteiger partial charge < -0.3 is 19.5 Å². The van der Waals surface area contributed by atoms with Gasteiger partial charge in [-0.2, -0.15) is 17.6 Å². The Morgan fingerprint density at radius 2 is 1.00 bits per heavy atom. The first-order valence-electron chi connectivity index (χ1n) is 7.24. The van der Waals surface area contributed by atoms with Crippen LogP contribution in [0, 0.1) is 0 Å². The number of aliphatic carboxylic acids is 2. The van der Waals surface area contributed by atoms with Gasteiger partial charge in [-0.3, -0.25) is 0 Å². The highest BCUT2D eigenvalue weighted by Gasteiger charge is 2.41. The second-order valence-electron chi connectivity index (χ2n) is 5.21. The molecule has 27 heavy (non-hydrogen) atoms. The molecule has 2 aromatic carbocycles. The molecule has 0 unspecified atom stereocenters. The van der Waals surface area contributed by atoms with E-state index in [0.717, 1.165) is 48.5 Å². The summed E-state index contributed by atoms with van der Waals surface area (Å²) in [6.45, 7) is 0. The van der Waals surface area contributed by atoms with E-state index in [1.165, 1.54) is 0 Å². The second kappa shape index (κ2) is 7.56. The highest BCUT2D eigenvalue weighted by molar-refractivity contribution is 6.20. The fourth-order valence-electron chi connectivity index (χ4n) is 1.93. The summed E-state index contributed by atoms with van der Waals surface area (Å²) in [7, 11) is -0.399. The van der Waals surface area contributed by atoms with Gasteiger partial charge in [0, 0.05) is 11.1 Å². The molecule has 0 amide bonds. The van der Waals surface area contributed by atoms with Gasteiger partial charge in [0.15, 0.2) is 0 Å². The maximum atomic E-state index is 13.3. The lowest BCUT2D eigenvalue weighted by Gasteiger charge is -2.13. The summed E-state index contributed by atoms with van der Waals surface area (Å²) in [6, 6.07) is 7.99. The van der Waals surface area contributed by atoms with Crippen molar-refractivity contribution < 1.29 is 46.7 Å². The van der Waals surface area contributed by atoms with Crippen LogP contribution in [0.25, 0.3) is 0 Å². The lowest BCUT2D eigenvalue weighted by atomic mass is 10.1. The number of hydrogen-bond acceptors (Lipinski definition) is 4. The Morgan fingerprint density at radius 3 is 1.26 bits per heavy atom. The lowest BCUT2D eigenvalue weighted by Crippen LogP contribution is -2.25. The van der Waals surface area contributed by atoms with E-state index in [9.17, 15) is 27.2 Å². The van der Waals surface area contributed by atoms with Crippen molar-refractivity contribution in [2.75, 3.05) is 0 Å². The first-order valence-corrected chi connectivity index (χ1v) is 7.24. The third-order valence-corrected chi connectivity index (χ3v) is 3.42. The normalized spacial score (nSPS) is 11.6. The number of carboxylic acid groups (broad SMARTS) is 2. The molecule has 0 saturated carbocycles. The lowest BCUT2D eigenvalue weighted by molar-refractivity contribution is -0.166. The summed E-state index contributed by atoms with van der Waals surface area (Å²) in [4.78, 5) is 21.0. The van der Waals surface area contributed by atoms with Gasteiger partial charge in [-0.05, 0) is 48.5 Å². The number of benzene rings is 2. The van der Waals surface area contributed by atoms with Crippen LogP contribution >= 0.6 is 0 Å². The van der Waals surface area contributed by atoms with E-state index in [1.54, 1.807) is 0 Å². The van der Waals surface area contributed by atoms with Crippen LogP contribution in [0.3, 0.4) is 0 Å². The summed E-state index contributed by atoms with van der Waals surface area (Å²) in [5.41, 5.74) is -1.45. The van der Waals surface area contributed by atoms with Crippen molar-refractivity contribution in [1.82, 2.24) is 0 Å². The molecule has 0 atom stereocenters. The minimum Gasteiger partial charge on any atom is -0.529 e. The molecule has 11 heteroatoms. The number of halogens is 4. The summed E-state index contributed by atoms with van der Waals surface area (Å²) in [5.74, 6) is -12.4. The monoisotopic (exact) mass is 386 g/mol. The van der Waals surface area contributed by atoms with Crippen molar-refractivity contribution in [3.05, 3.63) is 59.7 Å². The Morgan fingerprint density at radius 1 is 0.704 bits per heavy atom. The van der Waals surface area contributed by atoms with E-state index >= 15 is 0 Å². The van der Waals surface area contributed by atoms with Crippen molar-refractivity contribution in [3.8, 4) is 11.5 Å². The average Bonchev–Trinajstić information content (AvgIpc) is 2.62. The zero-order valence-corrected chi connectivity index (χ0v) is 13.4. The molecule has 2 N–H and O–H groups in total. The smallest absolute Gasteiger partial charge is 0.529 e. The largest absolute Gasteiger partial charge is 0.576 e. The van der Waals surface area contributed by atoms with E-state index in [0.29, 0.717) is 0 Å². The topological polar surface area (TPSA) is 93.1 Å². The number of alkyl halides is 4. The van der Waals surface area contributed by atoms with Crippen molar-refractivity contribution in [1.29, 1.82) is 0 Å². The molecule has 142 valence electrons. The van der Waals surface area contributed by atoms with E-state index in [-0.39, 0.29) is 11.5 Å². The predicted octanol–water partition coefficient (Wildman–Crippen LogP) is 2.76. The van der Waals surface area contributed by atoms with Crippen LogP contribution in [0.5, 0.6) is 11.5 Å². The molecule has 6 nitrogen and oxygen atoms in total. The van der Waals surface area contributed by atoms with Crippen molar-refractivity contribution >= 4 is 19.6 Å². The molecular weight excluding hydrogens is 375 g/mol. The molecule has 0 aromatic heterocycles. The molecule has 0 radical (unpaired) electrons. The van der Waals surface area contributed by atoms with Gasteiger partial charge >= 0.3 is 31.5 Å². The van der Waals surface area contributed by atoms with Gasteiger partial charge in [0.05, 0.1) is 0 Å². The predicted molar refractivity (Wildman–Crippen MR) is 84.3 cm³/mol. The van der Waals surface area contributed by atoms with Gasteiger partial charge in [0.2, 0.25) is 0 Å². The third-order valence-electron chi connectivity index (χ3n) is 3.42. The van der Waals surface area contributed by atoms with E-state index in [4.69, 9.17) is 19.5 Å². The molecule has 2 aromatic rings. The van der Waals surface area contributed by atoms with E-state index in [2.05, 4.69) is 0 Å². The average molecular weight is 386 g/mol. The van der Waals surface area contributed by atoms with E-state index < -0.39 is 42.6 Å². The molecule has 0 bridgehead atoms.